The zero-order valence-electron chi connectivity index (χ0n) is 6.97. The Bertz CT molecular complexity index is 217. The summed E-state index contributed by atoms with van der Waals surface area (Å²) in [5.41, 5.74) is 0. The summed E-state index contributed by atoms with van der Waals surface area (Å²) in [7, 11) is 0. The lowest BCUT2D eigenvalue weighted by Gasteiger charge is -2.17. The van der Waals surface area contributed by atoms with Crippen molar-refractivity contribution < 1.29 is 0 Å². The van der Waals surface area contributed by atoms with Gasteiger partial charge in [-0.2, -0.15) is 0 Å². The lowest BCUT2D eigenvalue weighted by atomic mass is 10.3. The molecule has 2 saturated carbocycles. The second-order valence-corrected chi connectivity index (χ2v) is 6.05. The molecule has 0 aromatic rings. The van der Waals surface area contributed by atoms with Crippen LogP contribution in [0, 0.1) is 11.8 Å². The van der Waals surface area contributed by atoms with E-state index in [-0.39, 0.29) is 4.33 Å². The molecule has 0 aromatic heterocycles. The molecule has 0 bridgehead atoms. The first kappa shape index (κ1) is 7.90. The van der Waals surface area contributed by atoms with Crippen molar-refractivity contribution in [1.82, 2.24) is 4.90 Å². The summed E-state index contributed by atoms with van der Waals surface area (Å²) in [4.78, 5) is 2.59. The summed E-state index contributed by atoms with van der Waals surface area (Å²) in [5.74, 6) is 1.59. The van der Waals surface area contributed by atoms with Gasteiger partial charge in [0.25, 0.3) is 0 Å². The quantitative estimate of drug-likeness (QED) is 0.626. The number of hydrogen-bond donors (Lipinski definition) is 0. The highest BCUT2D eigenvalue weighted by molar-refractivity contribution is 6.50. The van der Waals surface area contributed by atoms with Gasteiger partial charge in [-0.25, -0.2) is 0 Å². The van der Waals surface area contributed by atoms with Crippen molar-refractivity contribution in [2.45, 2.75) is 29.6 Å². The van der Waals surface area contributed by atoms with Crippen LogP contribution in [0.25, 0.3) is 0 Å². The van der Waals surface area contributed by atoms with Crippen LogP contribution in [0.5, 0.6) is 0 Å². The van der Waals surface area contributed by atoms with E-state index >= 15 is 0 Å². The summed E-state index contributed by atoms with van der Waals surface area (Å²) >= 11 is 12.0. The van der Waals surface area contributed by atoms with E-state index in [2.05, 4.69) is 4.90 Å². The fraction of sp³-hybridized carbons (Fsp3) is 1.00. The molecule has 3 rings (SSSR count). The number of likely N-dealkylation sites (tertiary alicyclic amines) is 1. The summed E-state index contributed by atoms with van der Waals surface area (Å²) in [6.45, 7) is 2.43. The van der Waals surface area contributed by atoms with Crippen molar-refractivity contribution in [3.05, 3.63) is 0 Å². The summed E-state index contributed by atoms with van der Waals surface area (Å²) < 4.78 is -0.368. The molecule has 3 heteroatoms. The van der Waals surface area contributed by atoms with E-state index in [0.717, 1.165) is 24.9 Å². The Morgan fingerprint density at radius 2 is 2.17 bits per heavy atom. The van der Waals surface area contributed by atoms with Gasteiger partial charge in [0, 0.05) is 18.5 Å². The van der Waals surface area contributed by atoms with Crippen LogP contribution in [-0.2, 0) is 0 Å². The van der Waals surface area contributed by atoms with E-state index in [0.29, 0.717) is 5.92 Å². The van der Waals surface area contributed by atoms with E-state index in [1.807, 2.05) is 0 Å². The highest BCUT2D eigenvalue weighted by Gasteiger charge is 2.55. The van der Waals surface area contributed by atoms with Gasteiger partial charge < -0.3 is 0 Å². The van der Waals surface area contributed by atoms with E-state index in [1.165, 1.54) is 19.4 Å². The molecule has 0 amide bonds. The van der Waals surface area contributed by atoms with Gasteiger partial charge in [0.15, 0.2) is 0 Å². The Labute approximate surface area is 83.0 Å². The maximum absolute atomic E-state index is 5.99. The predicted octanol–water partition coefficient (Wildman–Crippen LogP) is 2.27. The zero-order chi connectivity index (χ0) is 8.34. The molecule has 1 heterocycles. The predicted molar refractivity (Wildman–Crippen MR) is 50.6 cm³/mol. The van der Waals surface area contributed by atoms with Crippen molar-refractivity contribution >= 4 is 23.2 Å². The average Bonchev–Trinajstić information content (AvgIpc) is 2.82. The maximum atomic E-state index is 5.99. The summed E-state index contributed by atoms with van der Waals surface area (Å²) in [6.07, 6.45) is 3.85. The average molecular weight is 206 g/mol. The van der Waals surface area contributed by atoms with Crippen LogP contribution in [0.3, 0.4) is 0 Å². The fourth-order valence-electron chi connectivity index (χ4n) is 2.46. The Morgan fingerprint density at radius 1 is 1.42 bits per heavy atom. The normalized spacial score (nSPS) is 49.0. The van der Waals surface area contributed by atoms with Gasteiger partial charge in [-0.1, -0.05) is 0 Å². The third-order valence-corrected chi connectivity index (χ3v) is 4.48. The lowest BCUT2D eigenvalue weighted by molar-refractivity contribution is 0.286. The van der Waals surface area contributed by atoms with Gasteiger partial charge >= 0.3 is 0 Å². The van der Waals surface area contributed by atoms with E-state index in [9.17, 15) is 0 Å². The fourth-order valence-corrected chi connectivity index (χ4v) is 2.97. The monoisotopic (exact) mass is 205 g/mol. The Hall–Kier alpha value is 0.540. The van der Waals surface area contributed by atoms with Gasteiger partial charge in [-0.05, 0) is 31.7 Å². The van der Waals surface area contributed by atoms with E-state index in [4.69, 9.17) is 23.2 Å². The third kappa shape index (κ3) is 1.18. The number of rotatable bonds is 2. The van der Waals surface area contributed by atoms with Crippen LogP contribution in [0.15, 0.2) is 0 Å². The Morgan fingerprint density at radius 3 is 2.58 bits per heavy atom. The maximum Gasteiger partial charge on any atom is 0.122 e. The molecule has 3 atom stereocenters. The van der Waals surface area contributed by atoms with Crippen molar-refractivity contribution in [3.63, 3.8) is 0 Å². The summed E-state index contributed by atoms with van der Waals surface area (Å²) in [6, 6.07) is 0.912. The highest BCUT2D eigenvalue weighted by atomic mass is 35.5. The second kappa shape index (κ2) is 2.31. The third-order valence-electron chi connectivity index (χ3n) is 3.55. The highest BCUT2D eigenvalue weighted by Crippen LogP contribution is 2.55. The molecular weight excluding hydrogens is 193 g/mol. The molecule has 0 radical (unpaired) electrons. The molecule has 3 fully saturated rings. The molecule has 2 aliphatic carbocycles. The number of piperidine rings is 1. The molecule has 3 unspecified atom stereocenters. The van der Waals surface area contributed by atoms with Crippen LogP contribution < -0.4 is 0 Å². The van der Waals surface area contributed by atoms with Crippen molar-refractivity contribution in [1.29, 1.82) is 0 Å². The molecule has 1 saturated heterocycles. The molecule has 68 valence electrons. The van der Waals surface area contributed by atoms with Crippen LogP contribution in [0.2, 0.25) is 0 Å². The van der Waals surface area contributed by atoms with Gasteiger partial charge in [-0.15, -0.1) is 23.2 Å². The Balaban J connectivity index is 1.56. The van der Waals surface area contributed by atoms with E-state index in [1.54, 1.807) is 0 Å². The van der Waals surface area contributed by atoms with Gasteiger partial charge in [-0.3, -0.25) is 4.90 Å². The minimum absolute atomic E-state index is 0.368. The largest absolute Gasteiger partial charge is 0.300 e. The topological polar surface area (TPSA) is 3.24 Å². The number of alkyl halides is 2. The molecule has 0 aromatic carbocycles. The first-order chi connectivity index (χ1) is 5.67. The van der Waals surface area contributed by atoms with Crippen molar-refractivity contribution in [2.24, 2.45) is 11.8 Å². The minimum atomic E-state index is -0.368. The zero-order valence-corrected chi connectivity index (χ0v) is 8.48. The number of halogens is 2. The number of fused-ring (bicyclic) bond motifs is 1. The summed E-state index contributed by atoms with van der Waals surface area (Å²) in [5, 5.41) is 0. The van der Waals surface area contributed by atoms with Crippen LogP contribution >= 0.6 is 23.2 Å². The van der Waals surface area contributed by atoms with Crippen LogP contribution in [-0.4, -0.2) is 28.4 Å². The standard InChI is InChI=1S/C9H13Cl2N/c10-9(11)4-7(9)5-12-2-1-6-3-8(6)12/h6-8H,1-5H2. The molecule has 0 N–H and O–H groups in total. The number of hydrogen-bond acceptors (Lipinski definition) is 1. The number of nitrogens with zero attached hydrogens (tertiary/aromatic N) is 1. The first-order valence-electron chi connectivity index (χ1n) is 4.79. The molecule has 0 spiro atoms. The van der Waals surface area contributed by atoms with Crippen LogP contribution in [0.1, 0.15) is 19.3 Å². The van der Waals surface area contributed by atoms with Crippen LogP contribution in [0.4, 0.5) is 0 Å². The minimum Gasteiger partial charge on any atom is -0.300 e. The molecule has 1 aliphatic heterocycles. The second-order valence-electron chi connectivity index (χ2n) is 4.51. The smallest absolute Gasteiger partial charge is 0.122 e. The van der Waals surface area contributed by atoms with Crippen molar-refractivity contribution in [2.75, 3.05) is 13.1 Å². The molecule has 3 aliphatic rings. The molecule has 1 nitrogen and oxygen atoms in total. The Kier molecular flexibility index (Phi) is 1.52. The van der Waals surface area contributed by atoms with Gasteiger partial charge in [0.2, 0.25) is 0 Å². The molecular formula is C9H13Cl2N. The van der Waals surface area contributed by atoms with Crippen molar-refractivity contribution in [3.8, 4) is 0 Å². The lowest BCUT2D eigenvalue weighted by Crippen LogP contribution is -2.26. The molecule has 12 heavy (non-hydrogen) atoms. The first-order valence-corrected chi connectivity index (χ1v) is 5.54. The SMILES string of the molecule is ClC1(Cl)CC1CN1CCC2CC21. The van der Waals surface area contributed by atoms with Gasteiger partial charge in [0.1, 0.15) is 4.33 Å². The van der Waals surface area contributed by atoms with E-state index < -0.39 is 0 Å². The van der Waals surface area contributed by atoms with Gasteiger partial charge in [0.05, 0.1) is 0 Å².